The molecule has 0 saturated heterocycles. The molecule has 0 radical (unpaired) electrons. The highest BCUT2D eigenvalue weighted by atomic mass is 16.7. The van der Waals surface area contributed by atoms with Crippen LogP contribution in [0.25, 0.3) is 23.0 Å². The van der Waals surface area contributed by atoms with Crippen LogP contribution in [0, 0.1) is 11.3 Å². The highest BCUT2D eigenvalue weighted by Gasteiger charge is 2.14. The minimum Gasteiger partial charge on any atom is -0.465 e. The van der Waals surface area contributed by atoms with E-state index in [4.69, 9.17) is 14.0 Å². The first-order valence-electron chi connectivity index (χ1n) is 7.19. The summed E-state index contributed by atoms with van der Waals surface area (Å²) in [5.74, 6) is 1.14. The average Bonchev–Trinajstić information content (AvgIpc) is 3.12. The van der Waals surface area contributed by atoms with Crippen molar-refractivity contribution in [2.75, 3.05) is 7.11 Å². The summed E-state index contributed by atoms with van der Waals surface area (Å²) in [6.07, 6.45) is 1.21. The number of nitriles is 1. The first-order chi connectivity index (χ1) is 11.7. The van der Waals surface area contributed by atoms with E-state index in [1.54, 1.807) is 37.4 Å². The van der Waals surface area contributed by atoms with Gasteiger partial charge in [-0.1, -0.05) is 11.2 Å². The van der Waals surface area contributed by atoms with E-state index in [0.717, 1.165) is 0 Å². The van der Waals surface area contributed by atoms with Gasteiger partial charge in [0.05, 0.1) is 11.6 Å². The van der Waals surface area contributed by atoms with Gasteiger partial charge >= 0.3 is 0 Å². The van der Waals surface area contributed by atoms with Crippen LogP contribution in [-0.2, 0) is 4.74 Å². The molecule has 1 atom stereocenters. The Hall–Kier alpha value is -3.24. The maximum Gasteiger partial charge on any atom is 0.258 e. The molecular weight excluding hydrogens is 308 g/mol. The predicted molar refractivity (Wildman–Crippen MR) is 84.8 cm³/mol. The Morgan fingerprint density at radius 3 is 2.83 bits per heavy atom. The molecule has 0 aliphatic heterocycles. The molecule has 0 saturated carbocycles. The van der Waals surface area contributed by atoms with Crippen LogP contribution < -0.4 is 4.74 Å². The molecule has 0 bridgehead atoms. The molecule has 0 aliphatic carbocycles. The summed E-state index contributed by atoms with van der Waals surface area (Å²) in [4.78, 5) is 8.51. The average molecular weight is 322 g/mol. The van der Waals surface area contributed by atoms with E-state index < -0.39 is 6.29 Å². The molecule has 3 rings (SSSR count). The highest BCUT2D eigenvalue weighted by molar-refractivity contribution is 5.61. The first kappa shape index (κ1) is 15.6. The van der Waals surface area contributed by atoms with Crippen molar-refractivity contribution in [2.24, 2.45) is 0 Å². The van der Waals surface area contributed by atoms with Crippen molar-refractivity contribution in [3.05, 3.63) is 48.2 Å². The lowest BCUT2D eigenvalue weighted by atomic mass is 10.1. The lowest BCUT2D eigenvalue weighted by molar-refractivity contribution is -0.0382. The van der Waals surface area contributed by atoms with Crippen LogP contribution in [0.5, 0.6) is 5.75 Å². The fourth-order valence-electron chi connectivity index (χ4n) is 2.03. The van der Waals surface area contributed by atoms with E-state index >= 15 is 0 Å². The molecular formula is C17H14N4O3. The zero-order chi connectivity index (χ0) is 16.9. The van der Waals surface area contributed by atoms with Gasteiger partial charge in [0.1, 0.15) is 11.4 Å². The van der Waals surface area contributed by atoms with Gasteiger partial charge in [-0.15, -0.1) is 0 Å². The van der Waals surface area contributed by atoms with Crippen molar-refractivity contribution in [3.8, 4) is 34.8 Å². The van der Waals surface area contributed by atoms with E-state index in [1.165, 1.54) is 7.11 Å². The molecule has 0 fully saturated rings. The van der Waals surface area contributed by atoms with Crippen molar-refractivity contribution in [1.29, 1.82) is 5.26 Å². The Morgan fingerprint density at radius 2 is 2.12 bits per heavy atom. The maximum absolute atomic E-state index is 9.19. The summed E-state index contributed by atoms with van der Waals surface area (Å²) in [5, 5.41) is 13.1. The molecule has 2 heterocycles. The van der Waals surface area contributed by atoms with Crippen LogP contribution in [0.3, 0.4) is 0 Å². The number of nitrogens with zero attached hydrogens (tertiary/aromatic N) is 4. The van der Waals surface area contributed by atoms with Crippen molar-refractivity contribution in [3.63, 3.8) is 0 Å². The minimum atomic E-state index is -0.446. The Bertz CT molecular complexity index is 871. The van der Waals surface area contributed by atoms with E-state index in [-0.39, 0.29) is 5.89 Å². The topological polar surface area (TPSA) is 94.1 Å². The predicted octanol–water partition coefficient (Wildman–Crippen LogP) is 3.04. The summed E-state index contributed by atoms with van der Waals surface area (Å²) >= 11 is 0. The lowest BCUT2D eigenvalue weighted by Gasteiger charge is -2.13. The molecule has 7 nitrogen and oxygen atoms in total. The SMILES string of the molecule is COC(C)Oc1cc(C#N)cc(-c2nc(-c3ccccn3)no2)c1. The molecule has 24 heavy (non-hydrogen) atoms. The number of rotatable bonds is 5. The van der Waals surface area contributed by atoms with Gasteiger partial charge in [-0.2, -0.15) is 10.2 Å². The fraction of sp³-hybridized carbons (Fsp3) is 0.176. The van der Waals surface area contributed by atoms with Gasteiger partial charge in [-0.3, -0.25) is 4.98 Å². The standard InChI is InChI=1S/C17H14N4O3/c1-11(22-2)23-14-8-12(10-18)7-13(9-14)17-20-16(21-24-17)15-5-3-4-6-19-15/h3-9,11H,1-2H3. The van der Waals surface area contributed by atoms with Gasteiger partial charge in [-0.05, 0) is 37.3 Å². The Morgan fingerprint density at radius 1 is 1.25 bits per heavy atom. The van der Waals surface area contributed by atoms with Crippen LogP contribution in [0.1, 0.15) is 12.5 Å². The molecule has 3 aromatic rings. The summed E-state index contributed by atoms with van der Waals surface area (Å²) in [7, 11) is 1.54. The number of hydrogen-bond acceptors (Lipinski definition) is 7. The van der Waals surface area contributed by atoms with E-state index in [1.807, 2.05) is 12.1 Å². The normalized spacial score (nSPS) is 11.7. The first-order valence-corrected chi connectivity index (χ1v) is 7.19. The van der Waals surface area contributed by atoms with Gasteiger partial charge in [0.15, 0.2) is 6.29 Å². The van der Waals surface area contributed by atoms with Gasteiger partial charge < -0.3 is 14.0 Å². The molecule has 7 heteroatoms. The molecule has 120 valence electrons. The monoisotopic (exact) mass is 322 g/mol. The summed E-state index contributed by atoms with van der Waals surface area (Å²) < 4.78 is 15.9. The number of pyridine rings is 1. The van der Waals surface area contributed by atoms with Crippen LogP contribution in [0.2, 0.25) is 0 Å². The Labute approximate surface area is 138 Å². The molecule has 0 amide bonds. The van der Waals surface area contributed by atoms with Crippen molar-refractivity contribution >= 4 is 0 Å². The van der Waals surface area contributed by atoms with Crippen molar-refractivity contribution < 1.29 is 14.0 Å². The zero-order valence-electron chi connectivity index (χ0n) is 13.1. The van der Waals surface area contributed by atoms with Crippen molar-refractivity contribution in [1.82, 2.24) is 15.1 Å². The van der Waals surface area contributed by atoms with E-state index in [9.17, 15) is 5.26 Å². The van der Waals surface area contributed by atoms with Gasteiger partial charge in [0.2, 0.25) is 5.82 Å². The number of benzene rings is 1. The van der Waals surface area contributed by atoms with Crippen LogP contribution >= 0.6 is 0 Å². The molecule has 1 unspecified atom stereocenters. The number of ether oxygens (including phenoxy) is 2. The molecule has 0 spiro atoms. The van der Waals surface area contributed by atoms with Crippen molar-refractivity contribution in [2.45, 2.75) is 13.2 Å². The zero-order valence-corrected chi connectivity index (χ0v) is 13.1. The number of methoxy groups -OCH3 is 1. The molecule has 2 aromatic heterocycles. The molecule has 0 N–H and O–H groups in total. The molecule has 1 aromatic carbocycles. The largest absolute Gasteiger partial charge is 0.465 e. The Kier molecular flexibility index (Phi) is 4.50. The maximum atomic E-state index is 9.19. The Balaban J connectivity index is 1.96. The van der Waals surface area contributed by atoms with Gasteiger partial charge in [0.25, 0.3) is 5.89 Å². The summed E-state index contributed by atoms with van der Waals surface area (Å²) in [6.45, 7) is 1.75. The third-order valence-corrected chi connectivity index (χ3v) is 3.24. The minimum absolute atomic E-state index is 0.280. The van der Waals surface area contributed by atoms with E-state index in [0.29, 0.717) is 28.4 Å². The highest BCUT2D eigenvalue weighted by Crippen LogP contribution is 2.27. The number of hydrogen-bond donors (Lipinski definition) is 0. The smallest absolute Gasteiger partial charge is 0.258 e. The fourth-order valence-corrected chi connectivity index (χ4v) is 2.03. The van der Waals surface area contributed by atoms with Crippen LogP contribution in [-0.4, -0.2) is 28.5 Å². The summed E-state index contributed by atoms with van der Waals surface area (Å²) in [5.41, 5.74) is 1.61. The van der Waals surface area contributed by atoms with Gasteiger partial charge in [-0.25, -0.2) is 0 Å². The van der Waals surface area contributed by atoms with Gasteiger partial charge in [0, 0.05) is 18.9 Å². The van der Waals surface area contributed by atoms with Crippen LogP contribution in [0.4, 0.5) is 0 Å². The second kappa shape index (κ2) is 6.89. The second-order valence-corrected chi connectivity index (χ2v) is 4.92. The quantitative estimate of drug-likeness (QED) is 0.666. The number of aromatic nitrogens is 3. The van der Waals surface area contributed by atoms with E-state index in [2.05, 4.69) is 21.2 Å². The lowest BCUT2D eigenvalue weighted by Crippen LogP contribution is -2.13. The summed E-state index contributed by atoms with van der Waals surface area (Å²) in [6, 6.07) is 12.5. The third kappa shape index (κ3) is 3.39. The van der Waals surface area contributed by atoms with Crippen LogP contribution in [0.15, 0.2) is 47.1 Å². The molecule has 0 aliphatic rings. The second-order valence-electron chi connectivity index (χ2n) is 4.92. The third-order valence-electron chi connectivity index (χ3n) is 3.24.